The molecule has 1 fully saturated rings. The van der Waals surface area contributed by atoms with E-state index in [0.29, 0.717) is 17.2 Å². The van der Waals surface area contributed by atoms with Gasteiger partial charge in [-0.3, -0.25) is 0 Å². The molecular formula is C15H20N2O3. The normalized spacial score (nSPS) is 16.0. The molecule has 0 atom stereocenters. The lowest BCUT2D eigenvalue weighted by atomic mass is 9.99. The van der Waals surface area contributed by atoms with E-state index in [9.17, 15) is 9.59 Å². The van der Waals surface area contributed by atoms with Crippen LogP contribution in [0.4, 0.5) is 10.5 Å². The summed E-state index contributed by atoms with van der Waals surface area (Å²) in [5.41, 5.74) is 1.36. The van der Waals surface area contributed by atoms with E-state index in [4.69, 9.17) is 5.11 Å². The first kappa shape index (κ1) is 14.4. The van der Waals surface area contributed by atoms with Gasteiger partial charge in [-0.15, -0.1) is 0 Å². The standard InChI is InChI=1S/C15H20N2O3/c1-10-6-8-17(9-7-10)15(20)16-13-5-3-4-12(11(13)2)14(18)19/h3-5,10H,6-9H2,1-2H3,(H,16,20)(H,18,19). The third-order valence-electron chi connectivity index (χ3n) is 3.88. The van der Waals surface area contributed by atoms with Gasteiger partial charge in [0.15, 0.2) is 0 Å². The maximum Gasteiger partial charge on any atom is 0.336 e. The molecule has 0 saturated carbocycles. The Balaban J connectivity index is 2.08. The number of hydrogen-bond acceptors (Lipinski definition) is 2. The lowest BCUT2D eigenvalue weighted by molar-refractivity contribution is 0.0696. The van der Waals surface area contributed by atoms with E-state index in [1.165, 1.54) is 6.07 Å². The van der Waals surface area contributed by atoms with Crippen LogP contribution < -0.4 is 5.32 Å². The molecule has 20 heavy (non-hydrogen) atoms. The molecule has 0 aromatic heterocycles. The molecule has 2 N–H and O–H groups in total. The van der Waals surface area contributed by atoms with Crippen LogP contribution in [0.3, 0.4) is 0 Å². The third kappa shape index (κ3) is 3.10. The summed E-state index contributed by atoms with van der Waals surface area (Å²) < 4.78 is 0. The zero-order valence-corrected chi connectivity index (χ0v) is 11.8. The van der Waals surface area contributed by atoms with Crippen LogP contribution in [0.25, 0.3) is 0 Å². The van der Waals surface area contributed by atoms with Gasteiger partial charge in [0.2, 0.25) is 0 Å². The summed E-state index contributed by atoms with van der Waals surface area (Å²) in [6.07, 6.45) is 2.03. The average molecular weight is 276 g/mol. The minimum Gasteiger partial charge on any atom is -0.478 e. The van der Waals surface area contributed by atoms with Gasteiger partial charge < -0.3 is 15.3 Å². The molecule has 1 heterocycles. The number of aromatic carboxylic acids is 1. The van der Waals surface area contributed by atoms with E-state index < -0.39 is 5.97 Å². The molecule has 108 valence electrons. The minimum absolute atomic E-state index is 0.150. The molecule has 5 heteroatoms. The van der Waals surface area contributed by atoms with E-state index in [2.05, 4.69) is 12.2 Å². The Morgan fingerprint density at radius 2 is 1.95 bits per heavy atom. The van der Waals surface area contributed by atoms with Crippen LogP contribution >= 0.6 is 0 Å². The Morgan fingerprint density at radius 3 is 2.55 bits per heavy atom. The SMILES string of the molecule is Cc1c(NC(=O)N2CCC(C)CC2)cccc1C(=O)O. The molecule has 0 bridgehead atoms. The molecule has 2 rings (SSSR count). The fraction of sp³-hybridized carbons (Fsp3) is 0.467. The largest absolute Gasteiger partial charge is 0.478 e. The van der Waals surface area contributed by atoms with Gasteiger partial charge in [-0.05, 0) is 43.4 Å². The highest BCUT2D eigenvalue weighted by atomic mass is 16.4. The average Bonchev–Trinajstić information content (AvgIpc) is 2.41. The summed E-state index contributed by atoms with van der Waals surface area (Å²) in [6.45, 7) is 5.41. The van der Waals surface area contributed by atoms with E-state index >= 15 is 0 Å². The zero-order chi connectivity index (χ0) is 14.7. The monoisotopic (exact) mass is 276 g/mol. The Morgan fingerprint density at radius 1 is 1.30 bits per heavy atom. The van der Waals surface area contributed by atoms with Crippen LogP contribution in [-0.2, 0) is 0 Å². The van der Waals surface area contributed by atoms with Crippen molar-refractivity contribution in [1.29, 1.82) is 0 Å². The van der Waals surface area contributed by atoms with Gasteiger partial charge in [0.05, 0.1) is 5.56 Å². The van der Waals surface area contributed by atoms with Crippen molar-refractivity contribution in [1.82, 2.24) is 4.90 Å². The summed E-state index contributed by atoms with van der Waals surface area (Å²) in [4.78, 5) is 25.0. The second-order valence-electron chi connectivity index (χ2n) is 5.38. The topological polar surface area (TPSA) is 69.6 Å². The number of benzene rings is 1. The Labute approximate surface area is 118 Å². The second-order valence-corrected chi connectivity index (χ2v) is 5.38. The lowest BCUT2D eigenvalue weighted by Crippen LogP contribution is -2.40. The Kier molecular flexibility index (Phi) is 4.27. The summed E-state index contributed by atoms with van der Waals surface area (Å²) in [7, 11) is 0. The number of carbonyl (C=O) groups excluding carboxylic acids is 1. The van der Waals surface area contributed by atoms with Crippen LogP contribution in [-0.4, -0.2) is 35.1 Å². The van der Waals surface area contributed by atoms with Crippen molar-refractivity contribution in [2.75, 3.05) is 18.4 Å². The first-order valence-electron chi connectivity index (χ1n) is 6.88. The quantitative estimate of drug-likeness (QED) is 0.872. The van der Waals surface area contributed by atoms with Crippen LogP contribution in [0.15, 0.2) is 18.2 Å². The number of anilines is 1. The van der Waals surface area contributed by atoms with Crippen molar-refractivity contribution < 1.29 is 14.7 Å². The molecule has 2 amide bonds. The molecule has 1 aliphatic heterocycles. The zero-order valence-electron chi connectivity index (χ0n) is 11.8. The number of urea groups is 1. The van der Waals surface area contributed by atoms with Crippen molar-refractivity contribution >= 4 is 17.7 Å². The summed E-state index contributed by atoms with van der Waals surface area (Å²) in [5, 5.41) is 11.9. The Bertz CT molecular complexity index is 520. The number of nitrogens with one attached hydrogen (secondary N) is 1. The van der Waals surface area contributed by atoms with Gasteiger partial charge in [-0.2, -0.15) is 0 Å². The summed E-state index contributed by atoms with van der Waals surface area (Å²) >= 11 is 0. The molecule has 5 nitrogen and oxygen atoms in total. The number of likely N-dealkylation sites (tertiary alicyclic amines) is 1. The molecule has 1 aromatic rings. The predicted octanol–water partition coefficient (Wildman–Crippen LogP) is 2.96. The van der Waals surface area contributed by atoms with E-state index in [1.807, 2.05) is 0 Å². The number of carboxylic acid groups (broad SMARTS) is 1. The fourth-order valence-electron chi connectivity index (χ4n) is 2.41. The van der Waals surface area contributed by atoms with Crippen molar-refractivity contribution in [3.8, 4) is 0 Å². The lowest BCUT2D eigenvalue weighted by Gasteiger charge is -2.30. The third-order valence-corrected chi connectivity index (χ3v) is 3.88. The highest BCUT2D eigenvalue weighted by molar-refractivity contribution is 5.95. The van der Waals surface area contributed by atoms with Crippen molar-refractivity contribution in [3.05, 3.63) is 29.3 Å². The molecule has 0 spiro atoms. The van der Waals surface area contributed by atoms with E-state index in [1.54, 1.807) is 24.0 Å². The van der Waals surface area contributed by atoms with Crippen molar-refractivity contribution in [3.63, 3.8) is 0 Å². The fourth-order valence-corrected chi connectivity index (χ4v) is 2.41. The number of hydrogen-bond donors (Lipinski definition) is 2. The smallest absolute Gasteiger partial charge is 0.336 e. The molecular weight excluding hydrogens is 256 g/mol. The summed E-state index contributed by atoms with van der Waals surface area (Å²) in [6, 6.07) is 4.76. The van der Waals surface area contributed by atoms with Gasteiger partial charge >= 0.3 is 12.0 Å². The van der Waals surface area contributed by atoms with Gasteiger partial charge in [-0.1, -0.05) is 13.0 Å². The summed E-state index contributed by atoms with van der Waals surface area (Å²) in [5.74, 6) is -0.318. The number of amides is 2. The molecule has 0 unspecified atom stereocenters. The maximum absolute atomic E-state index is 12.2. The first-order chi connectivity index (χ1) is 9.49. The van der Waals surface area contributed by atoms with E-state index in [0.717, 1.165) is 25.9 Å². The number of carbonyl (C=O) groups is 2. The van der Waals surface area contributed by atoms with Gasteiger partial charge in [0.25, 0.3) is 0 Å². The molecule has 1 aliphatic rings. The minimum atomic E-state index is -0.981. The van der Waals surface area contributed by atoms with Gasteiger partial charge in [0, 0.05) is 18.8 Å². The molecule has 1 aromatic carbocycles. The van der Waals surface area contributed by atoms with Gasteiger partial charge in [-0.25, -0.2) is 9.59 Å². The van der Waals surface area contributed by atoms with Crippen molar-refractivity contribution in [2.24, 2.45) is 5.92 Å². The maximum atomic E-state index is 12.2. The van der Waals surface area contributed by atoms with Crippen LogP contribution in [0.2, 0.25) is 0 Å². The molecule has 0 aliphatic carbocycles. The second kappa shape index (κ2) is 5.94. The molecule has 1 saturated heterocycles. The van der Waals surface area contributed by atoms with Crippen LogP contribution in [0, 0.1) is 12.8 Å². The first-order valence-corrected chi connectivity index (χ1v) is 6.88. The number of piperidine rings is 1. The number of carboxylic acids is 1. The van der Waals surface area contributed by atoms with Crippen LogP contribution in [0.1, 0.15) is 35.7 Å². The number of rotatable bonds is 2. The van der Waals surface area contributed by atoms with E-state index in [-0.39, 0.29) is 11.6 Å². The predicted molar refractivity (Wildman–Crippen MR) is 77.1 cm³/mol. The highest BCUT2D eigenvalue weighted by Crippen LogP contribution is 2.21. The highest BCUT2D eigenvalue weighted by Gasteiger charge is 2.21. The molecule has 0 radical (unpaired) electrons. The number of nitrogens with zero attached hydrogens (tertiary/aromatic N) is 1. The Hall–Kier alpha value is -2.04. The van der Waals surface area contributed by atoms with Crippen LogP contribution in [0.5, 0.6) is 0 Å². The van der Waals surface area contributed by atoms with Crippen molar-refractivity contribution in [2.45, 2.75) is 26.7 Å². The van der Waals surface area contributed by atoms with Gasteiger partial charge in [0.1, 0.15) is 0 Å².